The number of rotatable bonds is 4. The lowest BCUT2D eigenvalue weighted by Gasteiger charge is -2.57. The molecule has 2 bridgehead atoms. The molecule has 2 aliphatic heterocycles. The number of fused-ring (bicyclic) bond motifs is 12. The molecule has 0 radical (unpaired) electrons. The number of aryl methyl sites for hydroxylation is 2. The van der Waals surface area contributed by atoms with Crippen molar-refractivity contribution < 1.29 is 28.4 Å². The molecule has 0 spiro atoms. The van der Waals surface area contributed by atoms with Gasteiger partial charge < -0.3 is 37.6 Å². The van der Waals surface area contributed by atoms with Crippen LogP contribution in [0.2, 0.25) is 0 Å². The summed E-state index contributed by atoms with van der Waals surface area (Å²) in [6.45, 7) is 6.22. The van der Waals surface area contributed by atoms with Crippen molar-refractivity contribution in [2.45, 2.75) is 56.7 Å². The van der Waals surface area contributed by atoms with Gasteiger partial charge in [-0.2, -0.15) is 0 Å². The first kappa shape index (κ1) is 28.4. The van der Waals surface area contributed by atoms with E-state index in [1.807, 2.05) is 24.3 Å². The predicted octanol–water partition coefficient (Wildman–Crippen LogP) is 5.02. The van der Waals surface area contributed by atoms with Crippen molar-refractivity contribution >= 4 is 21.8 Å². The van der Waals surface area contributed by atoms with Gasteiger partial charge in [0.15, 0.2) is 23.0 Å². The van der Waals surface area contributed by atoms with Crippen LogP contribution in [-0.2, 0) is 14.1 Å². The van der Waals surface area contributed by atoms with Crippen LogP contribution in [0.5, 0.6) is 34.5 Å². The molecule has 1 fully saturated rings. The minimum atomic E-state index is -0.720. The average molecular weight is 603 g/mol. The predicted molar refractivity (Wildman–Crippen MR) is 167 cm³/mol. The zero-order valence-corrected chi connectivity index (χ0v) is 26.6. The topological polar surface area (TPSA) is 99.4 Å². The fraction of sp³-hybridized carbons (Fsp3) is 0.471. The molecule has 4 atom stereocenters. The fourth-order valence-corrected chi connectivity index (χ4v) is 8.52. The quantitative estimate of drug-likeness (QED) is 0.321. The first-order valence-corrected chi connectivity index (χ1v) is 14.8. The highest BCUT2D eigenvalue weighted by Gasteiger charge is 2.59. The van der Waals surface area contributed by atoms with E-state index in [9.17, 15) is 9.59 Å². The largest absolute Gasteiger partial charge is 0.493 e. The number of hydrogen-bond donors (Lipinski definition) is 0. The Kier molecular flexibility index (Phi) is 6.03. The maximum Gasteiger partial charge on any atom is 0.258 e. The van der Waals surface area contributed by atoms with Crippen LogP contribution in [0.4, 0.5) is 0 Å². The zero-order chi connectivity index (χ0) is 31.5. The van der Waals surface area contributed by atoms with Crippen molar-refractivity contribution in [1.82, 2.24) is 9.13 Å². The number of hydrogen-bond acceptors (Lipinski definition) is 8. The summed E-state index contributed by atoms with van der Waals surface area (Å²) in [6, 6.07) is 7.53. The third-order valence-corrected chi connectivity index (χ3v) is 10.2. The summed E-state index contributed by atoms with van der Waals surface area (Å²) < 4.78 is 39.5. The van der Waals surface area contributed by atoms with Crippen LogP contribution < -0.4 is 39.5 Å². The van der Waals surface area contributed by atoms with Gasteiger partial charge in [-0.05, 0) is 57.9 Å². The Morgan fingerprint density at radius 1 is 0.682 bits per heavy atom. The molecule has 4 aromatic rings. The molecule has 0 saturated heterocycles. The van der Waals surface area contributed by atoms with E-state index in [2.05, 4.69) is 20.8 Å². The van der Waals surface area contributed by atoms with E-state index < -0.39 is 11.2 Å². The third kappa shape index (κ3) is 3.53. The minimum Gasteiger partial charge on any atom is -0.493 e. The van der Waals surface area contributed by atoms with Gasteiger partial charge in [-0.15, -0.1) is 0 Å². The van der Waals surface area contributed by atoms with Crippen LogP contribution in [0.25, 0.3) is 21.8 Å². The summed E-state index contributed by atoms with van der Waals surface area (Å²) >= 11 is 0. The molecule has 2 aromatic heterocycles. The van der Waals surface area contributed by atoms with E-state index in [-0.39, 0.29) is 28.9 Å². The molecule has 44 heavy (non-hydrogen) atoms. The Bertz CT molecular complexity index is 1890. The average Bonchev–Trinajstić information content (AvgIpc) is 2.99. The number of pyridine rings is 2. The maximum atomic E-state index is 14.3. The van der Waals surface area contributed by atoms with Gasteiger partial charge in [0, 0.05) is 42.6 Å². The Balaban J connectivity index is 1.51. The van der Waals surface area contributed by atoms with Crippen molar-refractivity contribution in [3.63, 3.8) is 0 Å². The van der Waals surface area contributed by atoms with Crippen LogP contribution in [-0.4, -0.2) is 48.8 Å². The van der Waals surface area contributed by atoms with Crippen molar-refractivity contribution in [2.75, 3.05) is 28.4 Å². The van der Waals surface area contributed by atoms with Crippen LogP contribution in [0, 0.1) is 5.92 Å². The minimum absolute atomic E-state index is 0.156. The maximum absolute atomic E-state index is 14.3. The second-order valence-corrected chi connectivity index (χ2v) is 13.0. The smallest absolute Gasteiger partial charge is 0.258 e. The highest BCUT2D eigenvalue weighted by atomic mass is 16.5. The van der Waals surface area contributed by atoms with E-state index >= 15 is 0 Å². The van der Waals surface area contributed by atoms with Crippen LogP contribution in [0.1, 0.15) is 56.6 Å². The molecule has 1 aliphatic carbocycles. The Hall–Kier alpha value is -4.34. The van der Waals surface area contributed by atoms with Gasteiger partial charge in [0.25, 0.3) is 11.1 Å². The summed E-state index contributed by atoms with van der Waals surface area (Å²) in [5.41, 5.74) is 0.791. The van der Waals surface area contributed by atoms with Crippen LogP contribution >= 0.6 is 0 Å². The van der Waals surface area contributed by atoms with Crippen molar-refractivity contribution in [3.05, 3.63) is 56.1 Å². The van der Waals surface area contributed by atoms with Gasteiger partial charge >= 0.3 is 0 Å². The second-order valence-electron chi connectivity index (χ2n) is 13.0. The van der Waals surface area contributed by atoms with Crippen LogP contribution in [0.15, 0.2) is 33.9 Å². The molecule has 232 valence electrons. The van der Waals surface area contributed by atoms with E-state index in [0.29, 0.717) is 69.5 Å². The van der Waals surface area contributed by atoms with Gasteiger partial charge in [-0.3, -0.25) is 9.59 Å². The molecule has 2 aromatic carbocycles. The third-order valence-electron chi connectivity index (χ3n) is 10.2. The molecule has 10 heteroatoms. The highest BCUT2D eigenvalue weighted by Crippen LogP contribution is 2.63. The van der Waals surface area contributed by atoms with Crippen molar-refractivity contribution in [2.24, 2.45) is 20.0 Å². The highest BCUT2D eigenvalue weighted by molar-refractivity contribution is 5.95. The standard InChI is InChI=1S/C34H38N2O8/c1-33(2)24-18(22-27(43-33)16-10-12-20(39-6)29(41-8)25(16)35(4)31(22)37)14-34(3)15-19(24)23-28(44-34)17-11-13-21(40-7)30(42-9)26(17)36(5)32(23)38/h10-13,18-19,24H,14-15H2,1-9H3. The lowest BCUT2D eigenvalue weighted by molar-refractivity contribution is -0.0798. The summed E-state index contributed by atoms with van der Waals surface area (Å²) in [6.07, 6.45) is 1.22. The normalized spacial score (nSPS) is 24.4. The number of ether oxygens (including phenoxy) is 6. The number of benzene rings is 2. The van der Waals surface area contributed by atoms with Gasteiger partial charge in [0.1, 0.15) is 33.7 Å². The lowest BCUT2D eigenvalue weighted by atomic mass is 9.56. The van der Waals surface area contributed by atoms with Gasteiger partial charge in [-0.1, -0.05) is 0 Å². The summed E-state index contributed by atoms with van der Waals surface area (Å²) in [4.78, 5) is 28.6. The van der Waals surface area contributed by atoms with E-state index in [1.54, 1.807) is 51.7 Å². The first-order valence-electron chi connectivity index (χ1n) is 14.8. The molecular formula is C34H38N2O8. The first-order chi connectivity index (χ1) is 20.9. The summed E-state index contributed by atoms with van der Waals surface area (Å²) in [5, 5.41) is 1.56. The van der Waals surface area contributed by atoms with Crippen molar-refractivity contribution in [1.29, 1.82) is 0 Å². The molecule has 7 rings (SSSR count). The monoisotopic (exact) mass is 602 g/mol. The van der Waals surface area contributed by atoms with E-state index in [4.69, 9.17) is 28.4 Å². The van der Waals surface area contributed by atoms with Crippen molar-refractivity contribution in [3.8, 4) is 34.5 Å². The summed E-state index contributed by atoms with van der Waals surface area (Å²) in [7, 11) is 9.79. The molecule has 4 unspecified atom stereocenters. The van der Waals surface area contributed by atoms with E-state index in [1.165, 1.54) is 0 Å². The number of aromatic nitrogens is 2. The summed E-state index contributed by atoms with van der Waals surface area (Å²) in [5.74, 6) is 2.56. The zero-order valence-electron chi connectivity index (χ0n) is 26.6. The Morgan fingerprint density at radius 3 is 1.52 bits per heavy atom. The molecule has 0 amide bonds. The molecular weight excluding hydrogens is 564 g/mol. The molecule has 10 nitrogen and oxygen atoms in total. The van der Waals surface area contributed by atoms with Gasteiger partial charge in [0.2, 0.25) is 0 Å². The molecule has 3 aliphatic rings. The van der Waals surface area contributed by atoms with Gasteiger partial charge in [0.05, 0.1) is 39.6 Å². The SMILES string of the molecule is COc1ccc2c3c(c(=O)n(C)c2c1OC)C1CC(C)(CC2c4c(c5ccc(OC)c(OC)c5n(C)c4=O)OC(C)(C)C12)O3. The molecule has 0 N–H and O–H groups in total. The van der Waals surface area contributed by atoms with Crippen LogP contribution in [0.3, 0.4) is 0 Å². The fourth-order valence-electron chi connectivity index (χ4n) is 8.52. The number of methoxy groups -OCH3 is 4. The number of nitrogens with zero attached hydrogens (tertiary/aromatic N) is 2. The van der Waals surface area contributed by atoms with E-state index in [0.717, 1.165) is 10.8 Å². The Labute approximate surface area is 255 Å². The molecule has 1 saturated carbocycles. The Morgan fingerprint density at radius 2 is 1.11 bits per heavy atom. The van der Waals surface area contributed by atoms with Gasteiger partial charge in [-0.25, -0.2) is 0 Å². The molecule has 4 heterocycles. The second kappa shape index (κ2) is 9.33. The lowest BCUT2D eigenvalue weighted by Crippen LogP contribution is -2.58.